The highest BCUT2D eigenvalue weighted by Crippen LogP contribution is 2.28. The molecule has 0 aliphatic heterocycles. The molecule has 2 N–H and O–H groups in total. The second-order valence-electron chi connectivity index (χ2n) is 6.42. The summed E-state index contributed by atoms with van der Waals surface area (Å²) in [6.07, 6.45) is 0. The lowest BCUT2D eigenvalue weighted by Crippen LogP contribution is -2.15. The van der Waals surface area contributed by atoms with Gasteiger partial charge in [-0.05, 0) is 55.5 Å². The zero-order chi connectivity index (χ0) is 21.9. The van der Waals surface area contributed by atoms with Crippen LogP contribution in [-0.2, 0) is 10.0 Å². The molecule has 0 aromatic heterocycles. The van der Waals surface area contributed by atoms with Crippen LogP contribution in [0.25, 0.3) is 0 Å². The van der Waals surface area contributed by atoms with Crippen molar-refractivity contribution in [3.63, 3.8) is 0 Å². The zero-order valence-electron chi connectivity index (χ0n) is 16.1. The smallest absolute Gasteiger partial charge is 0.261 e. The molecule has 0 spiro atoms. The van der Waals surface area contributed by atoms with Gasteiger partial charge in [-0.25, -0.2) is 8.42 Å². The number of halogens is 2. The normalized spacial score (nSPS) is 11.1. The predicted octanol–water partition coefficient (Wildman–Crippen LogP) is 5.36. The molecule has 156 valence electrons. The Morgan fingerprint density at radius 2 is 1.57 bits per heavy atom. The Morgan fingerprint density at radius 1 is 0.900 bits per heavy atom. The molecule has 0 heterocycles. The molecule has 0 aliphatic carbocycles. The predicted molar refractivity (Wildman–Crippen MR) is 119 cm³/mol. The van der Waals surface area contributed by atoms with E-state index in [1.807, 2.05) is 6.92 Å². The van der Waals surface area contributed by atoms with E-state index < -0.39 is 15.9 Å². The number of benzene rings is 3. The Labute approximate surface area is 184 Å². The third kappa shape index (κ3) is 5.05. The molecule has 6 nitrogen and oxygen atoms in total. The summed E-state index contributed by atoms with van der Waals surface area (Å²) in [6.45, 7) is 1.86. The van der Waals surface area contributed by atoms with Crippen molar-refractivity contribution in [3.05, 3.63) is 81.8 Å². The average Bonchev–Trinajstić information content (AvgIpc) is 2.69. The van der Waals surface area contributed by atoms with Gasteiger partial charge in [0.1, 0.15) is 5.75 Å². The summed E-state index contributed by atoms with van der Waals surface area (Å²) in [5, 5.41) is 3.18. The number of rotatable bonds is 6. The van der Waals surface area contributed by atoms with E-state index in [1.54, 1.807) is 24.3 Å². The first kappa shape index (κ1) is 22.0. The van der Waals surface area contributed by atoms with E-state index in [0.717, 1.165) is 5.56 Å². The van der Waals surface area contributed by atoms with Gasteiger partial charge in [-0.3, -0.25) is 9.52 Å². The van der Waals surface area contributed by atoms with Gasteiger partial charge in [0.25, 0.3) is 15.9 Å². The lowest BCUT2D eigenvalue weighted by Gasteiger charge is -2.12. The van der Waals surface area contributed by atoms with Gasteiger partial charge in [-0.2, -0.15) is 0 Å². The fourth-order valence-electron chi connectivity index (χ4n) is 2.64. The van der Waals surface area contributed by atoms with Crippen LogP contribution in [-0.4, -0.2) is 21.4 Å². The van der Waals surface area contributed by atoms with Crippen LogP contribution in [0.3, 0.4) is 0 Å². The molecule has 1 amide bonds. The maximum Gasteiger partial charge on any atom is 0.261 e. The molecule has 0 fully saturated rings. The molecule has 0 saturated carbocycles. The second kappa shape index (κ2) is 8.95. The number of carbonyl (C=O) groups is 1. The zero-order valence-corrected chi connectivity index (χ0v) is 18.4. The first-order chi connectivity index (χ1) is 14.2. The Balaban J connectivity index is 1.83. The highest BCUT2D eigenvalue weighted by Gasteiger charge is 2.17. The van der Waals surface area contributed by atoms with E-state index in [9.17, 15) is 13.2 Å². The van der Waals surface area contributed by atoms with Gasteiger partial charge < -0.3 is 10.1 Å². The highest BCUT2D eigenvalue weighted by atomic mass is 35.5. The van der Waals surface area contributed by atoms with Gasteiger partial charge in [0, 0.05) is 11.4 Å². The van der Waals surface area contributed by atoms with E-state index in [4.69, 9.17) is 27.9 Å². The van der Waals surface area contributed by atoms with E-state index in [2.05, 4.69) is 10.0 Å². The maximum atomic E-state index is 12.7. The number of sulfonamides is 1. The van der Waals surface area contributed by atoms with Crippen molar-refractivity contribution >= 4 is 50.5 Å². The highest BCUT2D eigenvalue weighted by molar-refractivity contribution is 7.92. The van der Waals surface area contributed by atoms with Gasteiger partial charge in [0.15, 0.2) is 0 Å². The lowest BCUT2D eigenvalue weighted by molar-refractivity contribution is 0.102. The van der Waals surface area contributed by atoms with E-state index in [1.165, 1.54) is 43.5 Å². The number of ether oxygens (including phenoxy) is 1. The van der Waals surface area contributed by atoms with Crippen molar-refractivity contribution in [1.29, 1.82) is 0 Å². The molecule has 0 radical (unpaired) electrons. The minimum Gasteiger partial charge on any atom is -0.495 e. The van der Waals surface area contributed by atoms with Crippen LogP contribution in [0.2, 0.25) is 10.0 Å². The average molecular weight is 465 g/mol. The van der Waals surface area contributed by atoms with Crippen LogP contribution in [0.1, 0.15) is 15.9 Å². The van der Waals surface area contributed by atoms with Crippen molar-refractivity contribution in [2.75, 3.05) is 17.1 Å². The third-order valence-electron chi connectivity index (χ3n) is 4.20. The molecule has 0 saturated heterocycles. The first-order valence-electron chi connectivity index (χ1n) is 8.73. The van der Waals surface area contributed by atoms with E-state index in [0.29, 0.717) is 16.5 Å². The van der Waals surface area contributed by atoms with Crippen LogP contribution in [0.4, 0.5) is 11.4 Å². The number of methoxy groups -OCH3 is 1. The molecule has 0 atom stereocenters. The van der Waals surface area contributed by atoms with Crippen molar-refractivity contribution in [1.82, 2.24) is 0 Å². The number of nitrogens with one attached hydrogen (secondary N) is 2. The molecule has 0 bridgehead atoms. The summed E-state index contributed by atoms with van der Waals surface area (Å²) in [5.41, 5.74) is 1.69. The number of carbonyl (C=O) groups excluding carboxylic acids is 1. The maximum absolute atomic E-state index is 12.7. The number of aryl methyl sites for hydroxylation is 1. The lowest BCUT2D eigenvalue weighted by atomic mass is 10.2. The summed E-state index contributed by atoms with van der Waals surface area (Å²) in [5.74, 6) is -0.0437. The van der Waals surface area contributed by atoms with Gasteiger partial charge in [0.05, 0.1) is 27.6 Å². The standard InChI is InChI=1S/C21H18Cl2N2O4S/c1-13-3-7-16(8-4-13)30(27,28)25-15-5-9-18(22)17(11-15)21(26)24-14-6-10-20(29-2)19(23)12-14/h3-12,25H,1-2H3,(H,24,26). The van der Waals surface area contributed by atoms with Crippen LogP contribution in [0, 0.1) is 6.92 Å². The Kier molecular flexibility index (Phi) is 6.55. The van der Waals surface area contributed by atoms with Crippen LogP contribution in [0.15, 0.2) is 65.6 Å². The van der Waals surface area contributed by atoms with Gasteiger partial charge in [-0.15, -0.1) is 0 Å². The number of hydrogen-bond donors (Lipinski definition) is 2. The van der Waals surface area contributed by atoms with Gasteiger partial charge in [-0.1, -0.05) is 40.9 Å². The van der Waals surface area contributed by atoms with Gasteiger partial charge >= 0.3 is 0 Å². The van der Waals surface area contributed by atoms with Crippen molar-refractivity contribution in [3.8, 4) is 5.75 Å². The van der Waals surface area contributed by atoms with E-state index >= 15 is 0 Å². The molecule has 30 heavy (non-hydrogen) atoms. The SMILES string of the molecule is COc1ccc(NC(=O)c2cc(NS(=O)(=O)c3ccc(C)cc3)ccc2Cl)cc1Cl. The molecular weight excluding hydrogens is 447 g/mol. The van der Waals surface area contributed by atoms with Crippen molar-refractivity contribution in [2.45, 2.75) is 11.8 Å². The van der Waals surface area contributed by atoms with Crippen molar-refractivity contribution < 1.29 is 17.9 Å². The summed E-state index contributed by atoms with van der Waals surface area (Å²) < 4.78 is 32.7. The Hall–Kier alpha value is -2.74. The number of hydrogen-bond acceptors (Lipinski definition) is 4. The first-order valence-corrected chi connectivity index (χ1v) is 11.0. The summed E-state index contributed by atoms with van der Waals surface area (Å²) in [4.78, 5) is 12.8. The Morgan fingerprint density at radius 3 is 2.20 bits per heavy atom. The fourth-order valence-corrected chi connectivity index (χ4v) is 4.15. The largest absolute Gasteiger partial charge is 0.495 e. The monoisotopic (exact) mass is 464 g/mol. The summed E-state index contributed by atoms with van der Waals surface area (Å²) >= 11 is 12.2. The molecule has 0 unspecified atom stereocenters. The summed E-state index contributed by atoms with van der Waals surface area (Å²) in [6, 6.07) is 15.5. The summed E-state index contributed by atoms with van der Waals surface area (Å²) in [7, 11) is -2.33. The third-order valence-corrected chi connectivity index (χ3v) is 6.23. The fraction of sp³-hybridized carbons (Fsp3) is 0.0952. The molecule has 9 heteroatoms. The molecule has 3 aromatic carbocycles. The van der Waals surface area contributed by atoms with Crippen LogP contribution >= 0.6 is 23.2 Å². The van der Waals surface area contributed by atoms with Crippen molar-refractivity contribution in [2.24, 2.45) is 0 Å². The molecule has 3 rings (SSSR count). The number of anilines is 2. The van der Waals surface area contributed by atoms with E-state index in [-0.39, 0.29) is 21.2 Å². The van der Waals surface area contributed by atoms with Crippen LogP contribution in [0.5, 0.6) is 5.75 Å². The molecular formula is C21H18Cl2N2O4S. The van der Waals surface area contributed by atoms with Crippen LogP contribution < -0.4 is 14.8 Å². The van der Waals surface area contributed by atoms with Gasteiger partial charge in [0.2, 0.25) is 0 Å². The topological polar surface area (TPSA) is 84.5 Å². The second-order valence-corrected chi connectivity index (χ2v) is 8.91. The molecule has 0 aliphatic rings. The molecule has 3 aromatic rings. The Bertz CT molecular complexity index is 1200. The minimum atomic E-state index is -3.81. The minimum absolute atomic E-state index is 0.104. The quantitative estimate of drug-likeness (QED) is 0.513. The number of amides is 1.